The first-order chi connectivity index (χ1) is 10.5. The molecule has 0 radical (unpaired) electrons. The first-order valence-electron chi connectivity index (χ1n) is 6.47. The van der Waals surface area contributed by atoms with Crippen LogP contribution in [0.2, 0.25) is 0 Å². The number of halogens is 3. The lowest BCUT2D eigenvalue weighted by Gasteiger charge is -2.03. The van der Waals surface area contributed by atoms with E-state index >= 15 is 0 Å². The molecule has 112 valence electrons. The second-order valence-electron chi connectivity index (χ2n) is 4.75. The summed E-state index contributed by atoms with van der Waals surface area (Å²) in [6.07, 6.45) is 0. The third-order valence-corrected chi connectivity index (χ3v) is 3.88. The quantitative estimate of drug-likeness (QED) is 0.710. The van der Waals surface area contributed by atoms with Gasteiger partial charge < -0.3 is 5.32 Å². The van der Waals surface area contributed by atoms with E-state index in [1.54, 1.807) is 17.5 Å². The van der Waals surface area contributed by atoms with E-state index in [0.29, 0.717) is 16.5 Å². The van der Waals surface area contributed by atoms with Crippen molar-refractivity contribution in [1.29, 1.82) is 0 Å². The van der Waals surface area contributed by atoms with Gasteiger partial charge >= 0.3 is 0 Å². The summed E-state index contributed by atoms with van der Waals surface area (Å²) in [6, 6.07) is 8.08. The molecule has 2 aromatic carbocycles. The Morgan fingerprint density at radius 2 is 1.73 bits per heavy atom. The van der Waals surface area contributed by atoms with Crippen LogP contribution in [-0.2, 0) is 0 Å². The van der Waals surface area contributed by atoms with Crippen molar-refractivity contribution in [2.75, 3.05) is 5.32 Å². The minimum atomic E-state index is -0.516. The molecule has 0 unspecified atom stereocenters. The van der Waals surface area contributed by atoms with E-state index < -0.39 is 11.6 Å². The minimum Gasteiger partial charge on any atom is -0.332 e. The lowest BCUT2D eigenvalue weighted by molar-refractivity contribution is 0.595. The zero-order valence-corrected chi connectivity index (χ0v) is 12.3. The number of nitrogens with zero attached hydrogens (tertiary/aromatic N) is 1. The molecule has 0 saturated carbocycles. The van der Waals surface area contributed by atoms with E-state index in [2.05, 4.69) is 10.3 Å². The number of aromatic nitrogens is 1. The lowest BCUT2D eigenvalue weighted by Crippen LogP contribution is -1.92. The fourth-order valence-electron chi connectivity index (χ4n) is 1.95. The van der Waals surface area contributed by atoms with Gasteiger partial charge in [0.05, 0.1) is 5.69 Å². The van der Waals surface area contributed by atoms with Crippen molar-refractivity contribution in [3.05, 3.63) is 64.8 Å². The van der Waals surface area contributed by atoms with Crippen molar-refractivity contribution >= 4 is 22.2 Å². The Balaban J connectivity index is 1.87. The molecule has 1 heterocycles. The third-order valence-electron chi connectivity index (χ3n) is 3.12. The average Bonchev–Trinajstić information content (AvgIpc) is 2.93. The van der Waals surface area contributed by atoms with E-state index in [1.807, 2.05) is 0 Å². The second-order valence-corrected chi connectivity index (χ2v) is 5.61. The molecule has 1 N–H and O–H groups in total. The SMILES string of the molecule is Cc1cc(F)c(-c2csc(Nc3ccc(F)cc3)n2)cc1F. The van der Waals surface area contributed by atoms with Gasteiger partial charge in [-0.2, -0.15) is 0 Å². The molecule has 22 heavy (non-hydrogen) atoms. The molecule has 3 aromatic rings. The van der Waals surface area contributed by atoms with Gasteiger partial charge in [0, 0.05) is 16.6 Å². The largest absolute Gasteiger partial charge is 0.332 e. The van der Waals surface area contributed by atoms with Crippen LogP contribution in [0, 0.1) is 24.4 Å². The fourth-order valence-corrected chi connectivity index (χ4v) is 2.68. The van der Waals surface area contributed by atoms with Gasteiger partial charge in [-0.15, -0.1) is 11.3 Å². The molecule has 0 amide bonds. The summed E-state index contributed by atoms with van der Waals surface area (Å²) in [4.78, 5) is 4.24. The highest BCUT2D eigenvalue weighted by Gasteiger charge is 2.12. The predicted octanol–water partition coefficient (Wildman–Crippen LogP) is 5.28. The summed E-state index contributed by atoms with van der Waals surface area (Å²) < 4.78 is 40.4. The smallest absolute Gasteiger partial charge is 0.187 e. The maximum absolute atomic E-state index is 13.9. The Morgan fingerprint density at radius 1 is 1.00 bits per heavy atom. The zero-order valence-electron chi connectivity index (χ0n) is 11.5. The van der Waals surface area contributed by atoms with Gasteiger partial charge in [-0.1, -0.05) is 0 Å². The van der Waals surface area contributed by atoms with Gasteiger partial charge in [-0.3, -0.25) is 0 Å². The lowest BCUT2D eigenvalue weighted by atomic mass is 10.1. The molecule has 3 rings (SSSR count). The van der Waals surface area contributed by atoms with Crippen molar-refractivity contribution in [3.63, 3.8) is 0 Å². The first-order valence-corrected chi connectivity index (χ1v) is 7.35. The highest BCUT2D eigenvalue weighted by atomic mass is 32.1. The molecule has 0 saturated heterocycles. The van der Waals surface area contributed by atoms with E-state index in [0.717, 1.165) is 12.1 Å². The molecule has 2 nitrogen and oxygen atoms in total. The summed E-state index contributed by atoms with van der Waals surface area (Å²) in [5.74, 6) is -1.32. The zero-order chi connectivity index (χ0) is 15.7. The first kappa shape index (κ1) is 14.6. The third kappa shape index (κ3) is 2.96. The molecule has 6 heteroatoms. The number of aryl methyl sites for hydroxylation is 1. The highest BCUT2D eigenvalue weighted by molar-refractivity contribution is 7.14. The van der Waals surface area contributed by atoms with Gasteiger partial charge in [0.2, 0.25) is 0 Å². The Morgan fingerprint density at radius 3 is 2.45 bits per heavy atom. The maximum atomic E-state index is 13.9. The summed E-state index contributed by atoms with van der Waals surface area (Å²) in [5, 5.41) is 5.14. The van der Waals surface area contributed by atoms with Crippen molar-refractivity contribution < 1.29 is 13.2 Å². The van der Waals surface area contributed by atoms with Gasteiger partial charge in [0.1, 0.15) is 17.5 Å². The van der Waals surface area contributed by atoms with Gasteiger partial charge in [-0.25, -0.2) is 18.2 Å². The summed E-state index contributed by atoms with van der Waals surface area (Å²) in [6.45, 7) is 1.50. The van der Waals surface area contributed by atoms with Crippen LogP contribution in [0.3, 0.4) is 0 Å². The van der Waals surface area contributed by atoms with Crippen molar-refractivity contribution in [2.24, 2.45) is 0 Å². The predicted molar refractivity (Wildman–Crippen MR) is 81.9 cm³/mol. The van der Waals surface area contributed by atoms with Crippen LogP contribution in [-0.4, -0.2) is 4.98 Å². The highest BCUT2D eigenvalue weighted by Crippen LogP contribution is 2.30. The topological polar surface area (TPSA) is 24.9 Å². The number of rotatable bonds is 3. The van der Waals surface area contributed by atoms with Crippen molar-refractivity contribution in [2.45, 2.75) is 6.92 Å². The standard InChI is InChI=1S/C16H11F3N2S/c1-9-6-14(19)12(7-13(9)18)15-8-22-16(21-15)20-11-4-2-10(17)3-5-11/h2-8H,1H3,(H,20,21). The summed E-state index contributed by atoms with van der Waals surface area (Å²) >= 11 is 1.26. The van der Waals surface area contributed by atoms with Gasteiger partial charge in [0.25, 0.3) is 0 Å². The fraction of sp³-hybridized carbons (Fsp3) is 0.0625. The number of hydrogen-bond acceptors (Lipinski definition) is 3. The summed E-state index contributed by atoms with van der Waals surface area (Å²) in [7, 11) is 0. The Bertz CT molecular complexity index is 813. The van der Waals surface area contributed by atoms with Crippen LogP contribution in [0.1, 0.15) is 5.56 Å². The van der Waals surface area contributed by atoms with Crippen LogP contribution >= 0.6 is 11.3 Å². The summed E-state index contributed by atoms with van der Waals surface area (Å²) in [5.41, 5.74) is 1.39. The Hall–Kier alpha value is -2.34. The number of benzene rings is 2. The molecule has 0 aliphatic rings. The van der Waals surface area contributed by atoms with E-state index in [9.17, 15) is 13.2 Å². The van der Waals surface area contributed by atoms with Crippen LogP contribution in [0.25, 0.3) is 11.3 Å². The second kappa shape index (κ2) is 5.81. The number of hydrogen-bond donors (Lipinski definition) is 1. The van der Waals surface area contributed by atoms with Crippen LogP contribution in [0.4, 0.5) is 24.0 Å². The molecule has 1 aromatic heterocycles. The van der Waals surface area contributed by atoms with Crippen molar-refractivity contribution in [3.8, 4) is 11.3 Å². The monoisotopic (exact) mass is 320 g/mol. The van der Waals surface area contributed by atoms with Crippen LogP contribution < -0.4 is 5.32 Å². The normalized spacial score (nSPS) is 10.7. The van der Waals surface area contributed by atoms with Gasteiger partial charge in [0.15, 0.2) is 5.13 Å². The molecule has 0 fully saturated rings. The van der Waals surface area contributed by atoms with E-state index in [-0.39, 0.29) is 16.9 Å². The molecular weight excluding hydrogens is 309 g/mol. The van der Waals surface area contributed by atoms with E-state index in [4.69, 9.17) is 0 Å². The maximum Gasteiger partial charge on any atom is 0.187 e. The Labute approximate surface area is 129 Å². The minimum absolute atomic E-state index is 0.117. The van der Waals surface area contributed by atoms with Gasteiger partial charge in [-0.05, 0) is 48.9 Å². The average molecular weight is 320 g/mol. The Kier molecular flexibility index (Phi) is 3.85. The molecular formula is C16H11F3N2S. The number of anilines is 2. The van der Waals surface area contributed by atoms with E-state index in [1.165, 1.54) is 30.4 Å². The molecule has 0 spiro atoms. The van der Waals surface area contributed by atoms with Crippen LogP contribution in [0.5, 0.6) is 0 Å². The molecule has 0 aliphatic carbocycles. The van der Waals surface area contributed by atoms with Crippen molar-refractivity contribution in [1.82, 2.24) is 4.98 Å². The number of thiazole rings is 1. The van der Waals surface area contributed by atoms with Crippen LogP contribution in [0.15, 0.2) is 41.8 Å². The molecule has 0 aliphatic heterocycles. The molecule has 0 atom stereocenters. The molecule has 0 bridgehead atoms. The number of nitrogens with one attached hydrogen (secondary N) is 1.